The van der Waals surface area contributed by atoms with Gasteiger partial charge in [0.05, 0.1) is 24.0 Å². The number of nitrogens with zero attached hydrogens (tertiary/aromatic N) is 2. The number of methoxy groups -OCH3 is 1. The first-order valence-corrected chi connectivity index (χ1v) is 11.1. The first-order valence-electron chi connectivity index (χ1n) is 9.24. The van der Waals surface area contributed by atoms with Crippen molar-refractivity contribution in [1.82, 2.24) is 9.80 Å². The van der Waals surface area contributed by atoms with Crippen LogP contribution in [0.25, 0.3) is 0 Å². The van der Waals surface area contributed by atoms with Gasteiger partial charge in [0, 0.05) is 32.8 Å². The number of hydrogen-bond donors (Lipinski definition) is 0. The molecule has 2 saturated heterocycles. The predicted molar refractivity (Wildman–Crippen MR) is 100 cm³/mol. The Hall–Kier alpha value is -1.44. The lowest BCUT2D eigenvalue weighted by molar-refractivity contribution is -0.137. The Labute approximate surface area is 156 Å². The van der Waals surface area contributed by atoms with Crippen molar-refractivity contribution < 1.29 is 17.9 Å². The molecule has 26 heavy (non-hydrogen) atoms. The summed E-state index contributed by atoms with van der Waals surface area (Å²) in [5.74, 6) is 0.292. The second-order valence-corrected chi connectivity index (χ2v) is 9.52. The van der Waals surface area contributed by atoms with Gasteiger partial charge in [0.25, 0.3) is 0 Å². The Kier molecular flexibility index (Phi) is 6.32. The van der Waals surface area contributed by atoms with Crippen molar-refractivity contribution in [2.45, 2.75) is 25.4 Å². The van der Waals surface area contributed by atoms with Gasteiger partial charge in [-0.05, 0) is 24.9 Å². The summed E-state index contributed by atoms with van der Waals surface area (Å²) in [6.45, 7) is 3.37. The molecule has 2 atom stereocenters. The highest BCUT2D eigenvalue weighted by atomic mass is 32.2. The number of benzene rings is 1. The average Bonchev–Trinajstić information content (AvgIpc) is 3.22. The van der Waals surface area contributed by atoms with Crippen LogP contribution in [0.2, 0.25) is 0 Å². The third-order valence-corrected chi connectivity index (χ3v) is 7.09. The van der Waals surface area contributed by atoms with Gasteiger partial charge >= 0.3 is 0 Å². The van der Waals surface area contributed by atoms with Crippen LogP contribution in [-0.4, -0.2) is 75.0 Å². The van der Waals surface area contributed by atoms with Crippen LogP contribution in [0.3, 0.4) is 0 Å². The fourth-order valence-electron chi connectivity index (χ4n) is 3.94. The molecule has 6 nitrogen and oxygen atoms in total. The van der Waals surface area contributed by atoms with Gasteiger partial charge in [0.2, 0.25) is 5.91 Å². The van der Waals surface area contributed by atoms with Crippen molar-refractivity contribution in [2.24, 2.45) is 5.92 Å². The molecule has 3 rings (SSSR count). The molecule has 2 aliphatic rings. The number of sulfone groups is 1. The van der Waals surface area contributed by atoms with Gasteiger partial charge in [-0.1, -0.05) is 30.3 Å². The fourth-order valence-corrected chi connectivity index (χ4v) is 5.67. The quantitative estimate of drug-likeness (QED) is 0.710. The van der Waals surface area contributed by atoms with Crippen LogP contribution in [0.5, 0.6) is 0 Å². The minimum absolute atomic E-state index is 0.0566. The van der Waals surface area contributed by atoms with Crippen molar-refractivity contribution >= 4 is 15.7 Å². The standard InChI is InChI=1S/C19H28N2O4S/c1-25-11-10-21(18-8-12-26(23,24)15-18)19(22)17-7-9-20(14-17)13-16-5-3-2-4-6-16/h2-6,17-18H,7-15H2,1H3. The maximum Gasteiger partial charge on any atom is 0.227 e. The van der Waals surface area contributed by atoms with E-state index in [1.165, 1.54) is 5.56 Å². The molecule has 0 bridgehead atoms. The van der Waals surface area contributed by atoms with Crippen LogP contribution in [-0.2, 0) is 25.9 Å². The topological polar surface area (TPSA) is 66.9 Å². The molecular weight excluding hydrogens is 352 g/mol. The van der Waals surface area contributed by atoms with Crippen molar-refractivity contribution in [2.75, 3.05) is 44.9 Å². The van der Waals surface area contributed by atoms with Crippen molar-refractivity contribution in [1.29, 1.82) is 0 Å². The van der Waals surface area contributed by atoms with Crippen LogP contribution in [0, 0.1) is 5.92 Å². The monoisotopic (exact) mass is 380 g/mol. The zero-order chi connectivity index (χ0) is 18.6. The summed E-state index contributed by atoms with van der Waals surface area (Å²) in [6, 6.07) is 10.1. The van der Waals surface area contributed by atoms with Crippen molar-refractivity contribution in [3.05, 3.63) is 35.9 Å². The second-order valence-electron chi connectivity index (χ2n) is 7.29. The van der Waals surface area contributed by atoms with E-state index in [9.17, 15) is 13.2 Å². The van der Waals surface area contributed by atoms with Crippen LogP contribution in [0.1, 0.15) is 18.4 Å². The number of amides is 1. The van der Waals surface area contributed by atoms with E-state index in [0.717, 1.165) is 26.1 Å². The van der Waals surface area contributed by atoms with E-state index in [2.05, 4.69) is 17.0 Å². The third kappa shape index (κ3) is 4.84. The Morgan fingerprint density at radius 1 is 1.27 bits per heavy atom. The predicted octanol–water partition coefficient (Wildman–Crippen LogP) is 1.17. The van der Waals surface area contributed by atoms with Gasteiger partial charge < -0.3 is 9.64 Å². The van der Waals surface area contributed by atoms with Gasteiger partial charge in [-0.15, -0.1) is 0 Å². The lowest BCUT2D eigenvalue weighted by Crippen LogP contribution is -2.46. The fraction of sp³-hybridized carbons (Fsp3) is 0.632. The van der Waals surface area contributed by atoms with E-state index in [0.29, 0.717) is 19.6 Å². The highest BCUT2D eigenvalue weighted by Crippen LogP contribution is 2.25. The van der Waals surface area contributed by atoms with Gasteiger partial charge in [-0.3, -0.25) is 9.69 Å². The first kappa shape index (κ1) is 19.3. The summed E-state index contributed by atoms with van der Waals surface area (Å²) in [7, 11) is -1.42. The van der Waals surface area contributed by atoms with E-state index in [-0.39, 0.29) is 29.4 Å². The number of rotatable bonds is 7. The molecule has 0 aliphatic carbocycles. The van der Waals surface area contributed by atoms with Crippen molar-refractivity contribution in [3.8, 4) is 0 Å². The summed E-state index contributed by atoms with van der Waals surface area (Å²) in [5, 5.41) is 0. The molecule has 1 aromatic rings. The normalized spacial score (nSPS) is 25.4. The summed E-state index contributed by atoms with van der Waals surface area (Å²) < 4.78 is 28.8. The third-order valence-electron chi connectivity index (χ3n) is 5.34. The Balaban J connectivity index is 1.61. The molecule has 144 valence electrons. The van der Waals surface area contributed by atoms with Gasteiger partial charge in [-0.25, -0.2) is 8.42 Å². The van der Waals surface area contributed by atoms with E-state index >= 15 is 0 Å². The molecule has 2 fully saturated rings. The van der Waals surface area contributed by atoms with E-state index < -0.39 is 9.84 Å². The second kappa shape index (κ2) is 8.50. The highest BCUT2D eigenvalue weighted by Gasteiger charge is 2.38. The molecule has 2 heterocycles. The summed E-state index contributed by atoms with van der Waals surface area (Å²) in [4.78, 5) is 17.2. The largest absolute Gasteiger partial charge is 0.383 e. The molecule has 1 aromatic carbocycles. The molecule has 0 saturated carbocycles. The van der Waals surface area contributed by atoms with Gasteiger partial charge in [-0.2, -0.15) is 0 Å². The number of ether oxygens (including phenoxy) is 1. The lowest BCUT2D eigenvalue weighted by Gasteiger charge is -2.30. The maximum absolute atomic E-state index is 13.1. The molecule has 7 heteroatoms. The van der Waals surface area contributed by atoms with Crippen LogP contribution < -0.4 is 0 Å². The van der Waals surface area contributed by atoms with Crippen LogP contribution >= 0.6 is 0 Å². The molecule has 2 aliphatic heterocycles. The summed E-state index contributed by atoms with van der Waals surface area (Å²) >= 11 is 0. The maximum atomic E-state index is 13.1. The average molecular weight is 381 g/mol. The molecule has 2 unspecified atom stereocenters. The smallest absolute Gasteiger partial charge is 0.227 e. The number of likely N-dealkylation sites (tertiary alicyclic amines) is 1. The van der Waals surface area contributed by atoms with Crippen molar-refractivity contribution in [3.63, 3.8) is 0 Å². The highest BCUT2D eigenvalue weighted by molar-refractivity contribution is 7.91. The number of carbonyl (C=O) groups excluding carboxylic acids is 1. The SMILES string of the molecule is COCCN(C(=O)C1CCN(Cc2ccccc2)C1)C1CCS(=O)(=O)C1. The first-order chi connectivity index (χ1) is 12.5. The number of carbonyl (C=O) groups is 1. The molecule has 1 amide bonds. The molecule has 0 aromatic heterocycles. The summed E-state index contributed by atoms with van der Waals surface area (Å²) in [5.41, 5.74) is 1.25. The van der Waals surface area contributed by atoms with E-state index in [4.69, 9.17) is 4.74 Å². The summed E-state index contributed by atoms with van der Waals surface area (Å²) in [6.07, 6.45) is 1.37. The number of hydrogen-bond acceptors (Lipinski definition) is 5. The lowest BCUT2D eigenvalue weighted by atomic mass is 10.1. The molecular formula is C19H28N2O4S. The van der Waals surface area contributed by atoms with Gasteiger partial charge in [0.1, 0.15) is 0 Å². The Morgan fingerprint density at radius 2 is 2.04 bits per heavy atom. The Morgan fingerprint density at radius 3 is 2.69 bits per heavy atom. The van der Waals surface area contributed by atoms with E-state index in [1.807, 2.05) is 18.2 Å². The Bertz CT molecular complexity index is 708. The van der Waals surface area contributed by atoms with Crippen LogP contribution in [0.4, 0.5) is 0 Å². The zero-order valence-electron chi connectivity index (χ0n) is 15.3. The molecule has 0 spiro atoms. The minimum atomic E-state index is -3.02. The van der Waals surface area contributed by atoms with Crippen LogP contribution in [0.15, 0.2) is 30.3 Å². The molecule has 0 radical (unpaired) electrons. The van der Waals surface area contributed by atoms with E-state index in [1.54, 1.807) is 12.0 Å². The minimum Gasteiger partial charge on any atom is -0.383 e. The van der Waals surface area contributed by atoms with Gasteiger partial charge in [0.15, 0.2) is 9.84 Å². The zero-order valence-corrected chi connectivity index (χ0v) is 16.2. The molecule has 0 N–H and O–H groups in total.